The van der Waals surface area contributed by atoms with E-state index < -0.39 is 5.97 Å². The zero-order valence-corrected chi connectivity index (χ0v) is 9.11. The minimum atomic E-state index is -1.05. The lowest BCUT2D eigenvalue weighted by atomic mass is 10.2. The average molecular weight is 214 g/mol. The molecule has 0 atom stereocenters. The van der Waals surface area contributed by atoms with Crippen LogP contribution in [0.4, 0.5) is 0 Å². The molecule has 1 aliphatic heterocycles. The number of carbonyl (C=O) groups excluding carboxylic acids is 1. The molecule has 0 saturated carbocycles. The molecule has 1 heterocycles. The third-order valence-electron chi connectivity index (χ3n) is 2.57. The molecule has 0 aromatic heterocycles. The predicted molar refractivity (Wildman–Crippen MR) is 55.6 cm³/mol. The number of hydrogen-bond donors (Lipinski definition) is 1. The number of hydrogen-bond acceptors (Lipinski definition) is 3. The quantitative estimate of drug-likeness (QED) is 0.670. The lowest BCUT2D eigenvalue weighted by Crippen LogP contribution is -2.49. The van der Waals surface area contributed by atoms with Gasteiger partial charge in [-0.15, -0.1) is 0 Å². The largest absolute Gasteiger partial charge is 0.481 e. The van der Waals surface area contributed by atoms with E-state index in [0.29, 0.717) is 13.1 Å². The number of rotatable bonds is 4. The monoisotopic (exact) mass is 214 g/mol. The Morgan fingerprint density at radius 3 is 2.27 bits per heavy atom. The maximum absolute atomic E-state index is 11.4. The fourth-order valence-corrected chi connectivity index (χ4v) is 1.78. The van der Waals surface area contributed by atoms with E-state index in [4.69, 9.17) is 5.11 Å². The molecule has 0 aliphatic carbocycles. The van der Waals surface area contributed by atoms with E-state index in [-0.39, 0.29) is 12.3 Å². The highest BCUT2D eigenvalue weighted by Gasteiger charge is 2.21. The van der Waals surface area contributed by atoms with Gasteiger partial charge in [0.05, 0.1) is 0 Å². The fourth-order valence-electron chi connectivity index (χ4n) is 1.78. The highest BCUT2D eigenvalue weighted by atomic mass is 16.4. The zero-order chi connectivity index (χ0) is 11.3. The summed E-state index contributed by atoms with van der Waals surface area (Å²) in [6.45, 7) is 6.22. The Balaban J connectivity index is 2.30. The Morgan fingerprint density at radius 1 is 1.20 bits per heavy atom. The molecule has 0 spiro atoms. The van der Waals surface area contributed by atoms with E-state index in [9.17, 15) is 9.59 Å². The summed E-state index contributed by atoms with van der Waals surface area (Å²) in [5.74, 6) is -1.31. The second-order valence-electron chi connectivity index (χ2n) is 3.79. The van der Waals surface area contributed by atoms with Crippen molar-refractivity contribution in [3.05, 3.63) is 0 Å². The fraction of sp³-hybridized carbons (Fsp3) is 0.800. The van der Waals surface area contributed by atoms with Crippen LogP contribution in [0, 0.1) is 0 Å². The van der Waals surface area contributed by atoms with Crippen LogP contribution in [0.15, 0.2) is 0 Å². The van der Waals surface area contributed by atoms with Gasteiger partial charge in [-0.25, -0.2) is 0 Å². The first-order chi connectivity index (χ1) is 7.13. The number of amides is 1. The summed E-state index contributed by atoms with van der Waals surface area (Å²) in [5.41, 5.74) is 0. The van der Waals surface area contributed by atoms with Gasteiger partial charge in [0, 0.05) is 26.2 Å². The van der Waals surface area contributed by atoms with E-state index in [1.807, 2.05) is 0 Å². The third kappa shape index (κ3) is 3.87. The van der Waals surface area contributed by atoms with Gasteiger partial charge in [0.1, 0.15) is 6.42 Å². The molecule has 1 fully saturated rings. The van der Waals surface area contributed by atoms with Crippen molar-refractivity contribution in [2.24, 2.45) is 0 Å². The molecule has 86 valence electrons. The van der Waals surface area contributed by atoms with Gasteiger partial charge in [0.25, 0.3) is 0 Å². The topological polar surface area (TPSA) is 60.9 Å². The number of carbonyl (C=O) groups is 2. The maximum Gasteiger partial charge on any atom is 0.312 e. The van der Waals surface area contributed by atoms with Crippen LogP contribution < -0.4 is 0 Å². The lowest BCUT2D eigenvalue weighted by molar-refractivity contribution is -0.145. The van der Waals surface area contributed by atoms with Gasteiger partial charge in [-0.1, -0.05) is 6.92 Å². The smallest absolute Gasteiger partial charge is 0.312 e. The van der Waals surface area contributed by atoms with Gasteiger partial charge in [-0.05, 0) is 13.0 Å². The summed E-state index contributed by atoms with van der Waals surface area (Å²) in [6.07, 6.45) is 0.733. The van der Waals surface area contributed by atoms with Crippen LogP contribution in [-0.4, -0.2) is 59.5 Å². The lowest BCUT2D eigenvalue weighted by Gasteiger charge is -2.34. The molecule has 1 rings (SSSR count). The number of piperazine rings is 1. The summed E-state index contributed by atoms with van der Waals surface area (Å²) >= 11 is 0. The van der Waals surface area contributed by atoms with Crippen molar-refractivity contribution in [1.82, 2.24) is 9.80 Å². The average Bonchev–Trinajstić information content (AvgIpc) is 2.18. The summed E-state index contributed by atoms with van der Waals surface area (Å²) in [7, 11) is 0. The Kier molecular flexibility index (Phi) is 4.55. The van der Waals surface area contributed by atoms with Crippen molar-refractivity contribution in [1.29, 1.82) is 0 Å². The normalized spacial score (nSPS) is 17.8. The third-order valence-corrected chi connectivity index (χ3v) is 2.57. The number of carboxylic acids is 1. The molecule has 5 heteroatoms. The molecule has 0 aromatic carbocycles. The first-order valence-electron chi connectivity index (χ1n) is 5.35. The molecule has 1 aliphatic rings. The van der Waals surface area contributed by atoms with Crippen molar-refractivity contribution < 1.29 is 14.7 Å². The molecule has 1 saturated heterocycles. The minimum absolute atomic E-state index is 0.265. The molecule has 0 bridgehead atoms. The Labute approximate surface area is 89.7 Å². The predicted octanol–water partition coefficient (Wildman–Crippen LogP) is 0.0153. The van der Waals surface area contributed by atoms with E-state index >= 15 is 0 Å². The van der Waals surface area contributed by atoms with Gasteiger partial charge >= 0.3 is 5.97 Å². The zero-order valence-electron chi connectivity index (χ0n) is 9.11. The molecule has 5 nitrogen and oxygen atoms in total. The summed E-state index contributed by atoms with van der Waals surface area (Å²) in [6, 6.07) is 0. The van der Waals surface area contributed by atoms with Crippen LogP contribution in [0.25, 0.3) is 0 Å². The highest BCUT2D eigenvalue weighted by molar-refractivity contribution is 5.93. The Hall–Kier alpha value is -1.10. The van der Waals surface area contributed by atoms with Gasteiger partial charge in [-0.3, -0.25) is 14.5 Å². The van der Waals surface area contributed by atoms with Crippen LogP contribution in [0.2, 0.25) is 0 Å². The van der Waals surface area contributed by atoms with Crippen molar-refractivity contribution >= 4 is 11.9 Å². The van der Waals surface area contributed by atoms with Crippen LogP contribution in [0.1, 0.15) is 19.8 Å². The van der Waals surface area contributed by atoms with Crippen LogP contribution in [-0.2, 0) is 9.59 Å². The standard InChI is InChI=1S/C10H18N2O3/c1-2-3-11-4-6-12(7-5-11)9(13)8-10(14)15/h2-8H2,1H3,(H,14,15). The van der Waals surface area contributed by atoms with Gasteiger partial charge < -0.3 is 10.0 Å². The second-order valence-corrected chi connectivity index (χ2v) is 3.79. The van der Waals surface area contributed by atoms with Crippen molar-refractivity contribution in [2.45, 2.75) is 19.8 Å². The molecule has 0 aromatic rings. The first-order valence-corrected chi connectivity index (χ1v) is 5.35. The first kappa shape index (κ1) is 12.0. The highest BCUT2D eigenvalue weighted by Crippen LogP contribution is 2.04. The summed E-state index contributed by atoms with van der Waals surface area (Å²) in [5, 5.41) is 8.49. The number of nitrogens with zero attached hydrogens (tertiary/aromatic N) is 2. The van der Waals surface area contributed by atoms with Crippen molar-refractivity contribution in [3.8, 4) is 0 Å². The van der Waals surface area contributed by atoms with Crippen LogP contribution in [0.3, 0.4) is 0 Å². The molecule has 15 heavy (non-hydrogen) atoms. The Morgan fingerprint density at radius 2 is 1.80 bits per heavy atom. The summed E-state index contributed by atoms with van der Waals surface area (Å²) < 4.78 is 0. The molecular formula is C10H18N2O3. The van der Waals surface area contributed by atoms with Gasteiger partial charge in [0.15, 0.2) is 0 Å². The van der Waals surface area contributed by atoms with E-state index in [1.165, 1.54) is 0 Å². The number of aliphatic carboxylic acids is 1. The van der Waals surface area contributed by atoms with Crippen molar-refractivity contribution in [2.75, 3.05) is 32.7 Å². The molecule has 1 N–H and O–H groups in total. The minimum Gasteiger partial charge on any atom is -0.481 e. The van der Waals surface area contributed by atoms with E-state index in [1.54, 1.807) is 4.90 Å². The van der Waals surface area contributed by atoms with Crippen LogP contribution in [0.5, 0.6) is 0 Å². The number of carboxylic acid groups (broad SMARTS) is 1. The molecular weight excluding hydrogens is 196 g/mol. The second kappa shape index (κ2) is 5.70. The van der Waals surface area contributed by atoms with Gasteiger partial charge in [0.2, 0.25) is 5.91 Å². The van der Waals surface area contributed by atoms with E-state index in [2.05, 4.69) is 11.8 Å². The maximum atomic E-state index is 11.4. The summed E-state index contributed by atoms with van der Waals surface area (Å²) in [4.78, 5) is 25.7. The molecule has 0 unspecified atom stereocenters. The molecule has 0 radical (unpaired) electrons. The Bertz CT molecular complexity index is 235. The van der Waals surface area contributed by atoms with Gasteiger partial charge in [-0.2, -0.15) is 0 Å². The SMILES string of the molecule is CCCN1CCN(C(=O)CC(=O)O)CC1. The molecule has 1 amide bonds. The van der Waals surface area contributed by atoms with Crippen LogP contribution >= 0.6 is 0 Å². The van der Waals surface area contributed by atoms with E-state index in [0.717, 1.165) is 26.1 Å². The van der Waals surface area contributed by atoms with Crippen molar-refractivity contribution in [3.63, 3.8) is 0 Å².